The Balaban J connectivity index is 0.917. The van der Waals surface area contributed by atoms with Crippen LogP contribution in [0.5, 0.6) is 5.75 Å². The molecule has 1 aromatic heterocycles. The predicted molar refractivity (Wildman–Crippen MR) is 340 cm³/mol. The molecular formula is C78H80O11. The first-order valence-electron chi connectivity index (χ1n) is 33.0. The van der Waals surface area contributed by atoms with Gasteiger partial charge in [-0.2, -0.15) is 0 Å². The van der Waals surface area contributed by atoms with Gasteiger partial charge < -0.3 is 38.7 Å². The van der Waals surface area contributed by atoms with Crippen molar-refractivity contribution in [3.63, 3.8) is 0 Å². The summed E-state index contributed by atoms with van der Waals surface area (Å²) in [5, 5.41) is 32.9. The van der Waals surface area contributed by atoms with Gasteiger partial charge >= 0.3 is 17.6 Å². The number of aryl methyl sites for hydroxylation is 2. The van der Waals surface area contributed by atoms with Crippen molar-refractivity contribution in [3.8, 4) is 17.6 Å². The fourth-order valence-electron chi connectivity index (χ4n) is 19.2. The molecule has 458 valence electrons. The predicted octanol–water partition coefficient (Wildman–Crippen LogP) is 13.2. The summed E-state index contributed by atoms with van der Waals surface area (Å²) in [7, 11) is 1.52. The van der Waals surface area contributed by atoms with Crippen molar-refractivity contribution in [1.82, 2.24) is 0 Å². The number of benzene rings is 5. The number of carbonyl (C=O) groups is 2. The highest BCUT2D eigenvalue weighted by atomic mass is 16.6. The van der Waals surface area contributed by atoms with Crippen molar-refractivity contribution in [2.45, 2.75) is 163 Å². The van der Waals surface area contributed by atoms with Crippen LogP contribution in [-0.4, -0.2) is 65.9 Å². The van der Waals surface area contributed by atoms with Crippen LogP contribution in [-0.2, 0) is 61.5 Å². The van der Waals surface area contributed by atoms with Gasteiger partial charge in [0, 0.05) is 72.2 Å². The zero-order valence-electron chi connectivity index (χ0n) is 51.1. The van der Waals surface area contributed by atoms with Crippen LogP contribution in [0.25, 0.3) is 17.0 Å². The Kier molecular flexibility index (Phi) is 15.3. The van der Waals surface area contributed by atoms with Gasteiger partial charge in [0.05, 0.1) is 31.8 Å². The minimum absolute atomic E-state index is 0.00659. The molecule has 13 atom stereocenters. The first kappa shape index (κ1) is 58.1. The van der Waals surface area contributed by atoms with Crippen LogP contribution in [0.2, 0.25) is 0 Å². The molecule has 2 saturated carbocycles. The molecule has 2 fully saturated rings. The average Bonchev–Trinajstić information content (AvgIpc) is 1.26. The van der Waals surface area contributed by atoms with Crippen LogP contribution < -0.4 is 10.4 Å². The monoisotopic (exact) mass is 1190 g/mol. The number of allylic oxidation sites excluding steroid dienone is 3. The van der Waals surface area contributed by atoms with Gasteiger partial charge in [-0.1, -0.05) is 127 Å². The topological polar surface area (TPSA) is 162 Å². The molecule has 5 bridgehead atoms. The molecule has 1 spiro atoms. The fourth-order valence-corrected chi connectivity index (χ4v) is 19.2. The van der Waals surface area contributed by atoms with E-state index in [9.17, 15) is 20.1 Å². The van der Waals surface area contributed by atoms with Crippen molar-refractivity contribution >= 4 is 29.0 Å². The summed E-state index contributed by atoms with van der Waals surface area (Å²) in [6.45, 7) is 0.650. The van der Waals surface area contributed by atoms with E-state index < -0.39 is 47.9 Å². The minimum atomic E-state index is -1.45. The maximum Gasteiger partial charge on any atom is 0.340 e. The summed E-state index contributed by atoms with van der Waals surface area (Å²) in [4.78, 5) is 46.6. The van der Waals surface area contributed by atoms with Crippen molar-refractivity contribution in [3.05, 3.63) is 209 Å². The molecule has 6 aromatic rings. The molecule has 0 amide bonds. The van der Waals surface area contributed by atoms with E-state index in [2.05, 4.69) is 121 Å². The number of ether oxygens (including phenoxy) is 4. The maximum atomic E-state index is 16.1. The average molecular weight is 1190 g/mol. The summed E-state index contributed by atoms with van der Waals surface area (Å²) in [5.41, 5.74) is 12.2. The van der Waals surface area contributed by atoms with Crippen LogP contribution in [0, 0.1) is 41.4 Å². The number of aliphatic hydroxyl groups is 3. The van der Waals surface area contributed by atoms with E-state index in [0.717, 1.165) is 41.5 Å². The zero-order valence-corrected chi connectivity index (χ0v) is 51.1. The largest absolute Gasteiger partial charge is 0.481 e. The van der Waals surface area contributed by atoms with E-state index in [1.54, 1.807) is 19.1 Å². The minimum Gasteiger partial charge on any atom is -0.481 e. The first-order valence-corrected chi connectivity index (χ1v) is 33.0. The molecule has 5 aromatic carbocycles. The molecule has 0 unspecified atom stereocenters. The SMILES string of the molecule is COC[C@@H](CCO)c1c(CO)c2ccc3c(c2oc1=O)[C@H]1OC(=O)C[C@@H]2C[C@@H](c4cccc5c4CC[C@@H]4CCC[C@H]6CCc7ccccc7[C@]564)C=C[C@H]2c2ccc4cc2CC#CC[C@@]([C@@H]2C[C@@H]5C=Cc6ccccc6[C@@H]5C2)(O3)[C@H]1OC(=O)/C(=C(/C)CO)CC4. The molecule has 3 aliphatic heterocycles. The van der Waals surface area contributed by atoms with Crippen LogP contribution >= 0.6 is 0 Å². The van der Waals surface area contributed by atoms with Gasteiger partial charge in [0.2, 0.25) is 0 Å². The third kappa shape index (κ3) is 9.55. The quantitative estimate of drug-likeness (QED) is 0.0415. The molecule has 0 radical (unpaired) electrons. The summed E-state index contributed by atoms with van der Waals surface area (Å²) >= 11 is 0. The Morgan fingerprint density at radius 1 is 0.764 bits per heavy atom. The molecule has 3 N–H and O–H groups in total. The van der Waals surface area contributed by atoms with E-state index in [4.69, 9.17) is 23.4 Å². The van der Waals surface area contributed by atoms with Gasteiger partial charge in [0.1, 0.15) is 11.3 Å². The second-order valence-electron chi connectivity index (χ2n) is 27.4. The number of methoxy groups -OCH3 is 1. The Morgan fingerprint density at radius 2 is 1.58 bits per heavy atom. The highest BCUT2D eigenvalue weighted by Crippen LogP contribution is 2.63. The van der Waals surface area contributed by atoms with Crippen molar-refractivity contribution in [2.75, 3.05) is 26.9 Å². The second kappa shape index (κ2) is 23.5. The zero-order chi connectivity index (χ0) is 60.7. The van der Waals surface area contributed by atoms with Crippen LogP contribution in [0.3, 0.4) is 0 Å². The highest BCUT2D eigenvalue weighted by Gasteiger charge is 2.62. The number of fused-ring (bicyclic) bond motifs is 14. The molecule has 89 heavy (non-hydrogen) atoms. The number of aliphatic hydroxyl groups excluding tert-OH is 3. The summed E-state index contributed by atoms with van der Waals surface area (Å²) in [6, 6.07) is 35.0. The fraction of sp³-hybridized carbons (Fsp3) is 0.449. The third-order valence-electron chi connectivity index (χ3n) is 23.1. The maximum absolute atomic E-state index is 16.1. The number of esters is 2. The van der Waals surface area contributed by atoms with E-state index in [1.165, 1.54) is 66.2 Å². The van der Waals surface area contributed by atoms with Gasteiger partial charge in [-0.05, 0) is 192 Å². The van der Waals surface area contributed by atoms with Gasteiger partial charge in [-0.15, -0.1) is 0 Å². The van der Waals surface area contributed by atoms with E-state index in [-0.39, 0.29) is 109 Å². The molecule has 4 heterocycles. The summed E-state index contributed by atoms with van der Waals surface area (Å²) < 4.78 is 34.2. The second-order valence-corrected chi connectivity index (χ2v) is 27.4. The normalized spacial score (nSPS) is 30.6. The van der Waals surface area contributed by atoms with Crippen LogP contribution in [0.1, 0.15) is 186 Å². The van der Waals surface area contributed by atoms with Crippen LogP contribution in [0.4, 0.5) is 0 Å². The van der Waals surface area contributed by atoms with Crippen molar-refractivity contribution in [1.29, 1.82) is 0 Å². The van der Waals surface area contributed by atoms with Crippen molar-refractivity contribution in [2.24, 2.45) is 29.6 Å². The van der Waals surface area contributed by atoms with E-state index in [0.29, 0.717) is 66.2 Å². The number of carbonyl (C=O) groups excluding carboxylic acids is 2. The standard InChI is InChI=1S/C78H80O11/c1-45(42-80)57-28-20-46-21-29-60-49(37-46)13-7-8-35-77(56-39-51-23-22-47-11-3-5-16-58(47)64(51)41-56)74(88-75(57)83)73(71-68(89-77)33-32-63-65(43-81)70(76(84)87-72(63)71)52(34-36-79)44-85-2)86-69(82)40-53-38-50(25-30-61(53)60)59-17-10-19-67-62(59)31-27-55-15-9-14-54-26-24-48-12-4-6-18-66(48)78(54,55)67/h3-6,10-12,16-19,21-23,25,29-30,32-33,37,50-56,61,64,73-74,79-81H,9,13-15,20,24,26-28,31,34-36,38-44H2,1-2H3/b57-45-/t50-,51-,52+,53-,54-,55-,56+,61+,64+,73+,74-,77-,78-/m0/s1. The van der Waals surface area contributed by atoms with Gasteiger partial charge in [0.15, 0.2) is 17.8 Å². The lowest BCUT2D eigenvalue weighted by atomic mass is 9.46. The lowest BCUT2D eigenvalue weighted by Gasteiger charge is -2.57. The lowest BCUT2D eigenvalue weighted by Crippen LogP contribution is -2.60. The summed E-state index contributed by atoms with van der Waals surface area (Å²) in [5.74, 6) is 6.45. The number of hydrogen-bond acceptors (Lipinski definition) is 11. The third-order valence-corrected chi connectivity index (χ3v) is 23.1. The molecule has 11 heteroatoms. The molecule has 15 rings (SSSR count). The molecule has 9 aliphatic rings. The number of rotatable bonds is 9. The Hall–Kier alpha value is -7.33. The highest BCUT2D eigenvalue weighted by molar-refractivity contribution is 5.91. The molecule has 11 nitrogen and oxygen atoms in total. The van der Waals surface area contributed by atoms with E-state index >= 15 is 9.59 Å². The molecule has 0 saturated heterocycles. The van der Waals surface area contributed by atoms with Gasteiger partial charge in [-0.25, -0.2) is 9.59 Å². The summed E-state index contributed by atoms with van der Waals surface area (Å²) in [6.07, 6.45) is 18.1. The number of hydrogen-bond donors (Lipinski definition) is 3. The van der Waals surface area contributed by atoms with Crippen LogP contribution in [0.15, 0.2) is 136 Å². The van der Waals surface area contributed by atoms with E-state index in [1.807, 2.05) is 0 Å². The smallest absolute Gasteiger partial charge is 0.340 e. The lowest BCUT2D eigenvalue weighted by molar-refractivity contribution is -0.202. The molecular weight excluding hydrogens is 1110 g/mol. The molecule has 6 aliphatic carbocycles. The van der Waals surface area contributed by atoms with Gasteiger partial charge in [-0.3, -0.25) is 4.79 Å². The van der Waals surface area contributed by atoms with Gasteiger partial charge in [0.25, 0.3) is 0 Å². The Morgan fingerprint density at radius 3 is 2.43 bits per heavy atom. The first-order chi connectivity index (χ1) is 43.5. The Labute approximate surface area is 521 Å². The Bertz CT molecular complexity index is 4030. The van der Waals surface area contributed by atoms with Crippen molar-refractivity contribution < 1.29 is 48.3 Å².